The number of carbonyl (C=O) groups excluding carboxylic acids is 1. The zero-order valence-electron chi connectivity index (χ0n) is 13.6. The van der Waals surface area contributed by atoms with Crippen molar-refractivity contribution in [3.63, 3.8) is 0 Å². The fraction of sp³-hybridized carbons (Fsp3) is 0.471. The Labute approximate surface area is 135 Å². The molecule has 0 aliphatic rings. The molecule has 0 fully saturated rings. The van der Waals surface area contributed by atoms with Gasteiger partial charge in [-0.2, -0.15) is 0 Å². The molecule has 1 atom stereocenters. The average Bonchev–Trinajstić information content (AvgIpc) is 2.84. The van der Waals surface area contributed by atoms with E-state index >= 15 is 0 Å². The van der Waals surface area contributed by atoms with E-state index in [0.717, 1.165) is 29.9 Å². The van der Waals surface area contributed by atoms with Crippen LogP contribution >= 0.6 is 0 Å². The van der Waals surface area contributed by atoms with E-state index in [1.165, 1.54) is 0 Å². The number of carbonyl (C=O) groups is 2. The number of fused-ring (bicyclic) bond motifs is 1. The van der Waals surface area contributed by atoms with Crippen LogP contribution in [0.1, 0.15) is 44.0 Å². The van der Waals surface area contributed by atoms with Crippen LogP contribution in [0, 0.1) is 6.92 Å². The van der Waals surface area contributed by atoms with Crippen LogP contribution in [0.15, 0.2) is 24.4 Å². The monoisotopic (exact) mass is 317 g/mol. The molecular weight excluding hydrogens is 294 g/mol. The second kappa shape index (κ2) is 7.76. The van der Waals surface area contributed by atoms with Gasteiger partial charge in [-0.1, -0.05) is 25.8 Å². The maximum atomic E-state index is 12.1. The minimum absolute atomic E-state index is 0.237. The molecule has 23 heavy (non-hydrogen) atoms. The third-order valence-corrected chi connectivity index (χ3v) is 3.90. The lowest BCUT2D eigenvalue weighted by atomic mass is 10.1. The van der Waals surface area contributed by atoms with Crippen LogP contribution in [0.3, 0.4) is 0 Å². The molecule has 0 aromatic carbocycles. The van der Waals surface area contributed by atoms with Gasteiger partial charge in [0.05, 0.1) is 5.69 Å². The minimum Gasteiger partial charge on any atom is -0.480 e. The summed E-state index contributed by atoms with van der Waals surface area (Å²) in [5.74, 6) is -1.21. The predicted molar refractivity (Wildman–Crippen MR) is 87.3 cm³/mol. The highest BCUT2D eigenvalue weighted by atomic mass is 16.4. The summed E-state index contributed by atoms with van der Waals surface area (Å²) in [5.41, 5.74) is 2.73. The van der Waals surface area contributed by atoms with Crippen molar-refractivity contribution >= 4 is 17.5 Å². The maximum absolute atomic E-state index is 12.1. The molecule has 2 N–H and O–H groups in total. The van der Waals surface area contributed by atoms with Crippen LogP contribution in [-0.4, -0.2) is 32.4 Å². The first-order valence-corrected chi connectivity index (χ1v) is 7.97. The molecule has 2 rings (SSSR count). The highest BCUT2D eigenvalue weighted by molar-refractivity contribution is 5.83. The zero-order valence-corrected chi connectivity index (χ0v) is 13.6. The summed E-state index contributed by atoms with van der Waals surface area (Å²) >= 11 is 0. The van der Waals surface area contributed by atoms with Gasteiger partial charge in [0, 0.05) is 18.3 Å². The van der Waals surface area contributed by atoms with Crippen LogP contribution in [0.25, 0.3) is 5.65 Å². The van der Waals surface area contributed by atoms with Gasteiger partial charge in [0.15, 0.2) is 0 Å². The summed E-state index contributed by atoms with van der Waals surface area (Å²) in [6, 6.07) is 4.96. The quantitative estimate of drug-likeness (QED) is 0.782. The SMILES string of the molecule is CCCCC(NC(=O)CCc1c(C)nc2ccccn12)C(=O)O. The number of amides is 1. The lowest BCUT2D eigenvalue weighted by Crippen LogP contribution is -2.40. The van der Waals surface area contributed by atoms with E-state index in [0.29, 0.717) is 12.8 Å². The second-order valence-electron chi connectivity index (χ2n) is 5.67. The van der Waals surface area contributed by atoms with Gasteiger partial charge < -0.3 is 14.8 Å². The summed E-state index contributed by atoms with van der Waals surface area (Å²) < 4.78 is 1.97. The van der Waals surface area contributed by atoms with Gasteiger partial charge in [-0.15, -0.1) is 0 Å². The van der Waals surface area contributed by atoms with Gasteiger partial charge >= 0.3 is 5.97 Å². The summed E-state index contributed by atoms with van der Waals surface area (Å²) in [4.78, 5) is 27.7. The van der Waals surface area contributed by atoms with Crippen molar-refractivity contribution in [3.05, 3.63) is 35.8 Å². The van der Waals surface area contributed by atoms with E-state index in [1.54, 1.807) is 0 Å². The Bertz CT molecular complexity index is 693. The molecule has 1 amide bonds. The highest BCUT2D eigenvalue weighted by Gasteiger charge is 2.19. The van der Waals surface area contributed by atoms with Gasteiger partial charge in [-0.25, -0.2) is 9.78 Å². The molecule has 0 spiro atoms. The van der Waals surface area contributed by atoms with Crippen molar-refractivity contribution in [2.24, 2.45) is 0 Å². The molecule has 0 aliphatic carbocycles. The molecule has 2 heterocycles. The number of aryl methyl sites for hydroxylation is 2. The van der Waals surface area contributed by atoms with Crippen LogP contribution in [0.4, 0.5) is 0 Å². The number of nitrogens with one attached hydrogen (secondary N) is 1. The normalized spacial score (nSPS) is 12.3. The molecule has 2 aromatic rings. The maximum Gasteiger partial charge on any atom is 0.326 e. The van der Waals surface area contributed by atoms with E-state index in [9.17, 15) is 9.59 Å². The summed E-state index contributed by atoms with van der Waals surface area (Å²) in [5, 5.41) is 11.8. The van der Waals surface area contributed by atoms with Crippen molar-refractivity contribution < 1.29 is 14.7 Å². The van der Waals surface area contributed by atoms with Crippen molar-refractivity contribution in [2.45, 2.75) is 52.0 Å². The Balaban J connectivity index is 1.97. The topological polar surface area (TPSA) is 83.7 Å². The van der Waals surface area contributed by atoms with Gasteiger partial charge in [0.1, 0.15) is 11.7 Å². The van der Waals surface area contributed by atoms with Crippen LogP contribution < -0.4 is 5.32 Å². The molecule has 0 aliphatic heterocycles. The largest absolute Gasteiger partial charge is 0.480 e. The Hall–Kier alpha value is -2.37. The third-order valence-electron chi connectivity index (χ3n) is 3.90. The fourth-order valence-corrected chi connectivity index (χ4v) is 2.63. The van der Waals surface area contributed by atoms with E-state index in [-0.39, 0.29) is 12.3 Å². The predicted octanol–water partition coefficient (Wildman–Crippen LogP) is 2.33. The van der Waals surface area contributed by atoms with Crippen molar-refractivity contribution in [2.75, 3.05) is 0 Å². The van der Waals surface area contributed by atoms with Gasteiger partial charge in [-0.3, -0.25) is 4.79 Å². The fourth-order valence-electron chi connectivity index (χ4n) is 2.63. The van der Waals surface area contributed by atoms with E-state index < -0.39 is 12.0 Å². The Morgan fingerprint density at radius 2 is 2.17 bits per heavy atom. The van der Waals surface area contributed by atoms with Gasteiger partial charge in [0.25, 0.3) is 0 Å². The average molecular weight is 317 g/mol. The summed E-state index contributed by atoms with van der Waals surface area (Å²) in [6.45, 7) is 3.91. The van der Waals surface area contributed by atoms with E-state index in [1.807, 2.05) is 42.6 Å². The van der Waals surface area contributed by atoms with E-state index in [2.05, 4.69) is 10.3 Å². The molecule has 0 saturated heterocycles. The molecular formula is C17H23N3O3. The standard InChI is InChI=1S/C17H23N3O3/c1-3-4-7-13(17(22)23)19-16(21)10-9-14-12(2)18-15-8-5-6-11-20(14)15/h5-6,8,11,13H,3-4,7,9-10H2,1-2H3,(H,19,21)(H,22,23). The smallest absolute Gasteiger partial charge is 0.326 e. The molecule has 6 heteroatoms. The number of carboxylic acids is 1. The molecule has 0 bridgehead atoms. The van der Waals surface area contributed by atoms with Crippen molar-refractivity contribution in [1.29, 1.82) is 0 Å². The number of nitrogens with zero attached hydrogens (tertiary/aromatic N) is 2. The van der Waals surface area contributed by atoms with E-state index in [4.69, 9.17) is 5.11 Å². The number of rotatable bonds is 8. The van der Waals surface area contributed by atoms with Crippen LogP contribution in [-0.2, 0) is 16.0 Å². The first kappa shape index (κ1) is 17.0. The number of carboxylic acid groups (broad SMARTS) is 1. The summed E-state index contributed by atoms with van der Waals surface area (Å²) in [7, 11) is 0. The number of hydrogen-bond acceptors (Lipinski definition) is 3. The number of aromatic nitrogens is 2. The molecule has 124 valence electrons. The first-order chi connectivity index (χ1) is 11.0. The van der Waals surface area contributed by atoms with Crippen molar-refractivity contribution in [3.8, 4) is 0 Å². The number of unbranched alkanes of at least 4 members (excludes halogenated alkanes) is 1. The molecule has 6 nitrogen and oxygen atoms in total. The molecule has 0 radical (unpaired) electrons. The van der Waals surface area contributed by atoms with Crippen LogP contribution in [0.2, 0.25) is 0 Å². The molecule has 1 unspecified atom stereocenters. The highest BCUT2D eigenvalue weighted by Crippen LogP contribution is 2.13. The number of imidazole rings is 1. The number of aliphatic carboxylic acids is 1. The van der Waals surface area contributed by atoms with Crippen LogP contribution in [0.5, 0.6) is 0 Å². The lowest BCUT2D eigenvalue weighted by Gasteiger charge is -2.14. The minimum atomic E-state index is -0.974. The van der Waals surface area contributed by atoms with Gasteiger partial charge in [0.2, 0.25) is 5.91 Å². The second-order valence-corrected chi connectivity index (χ2v) is 5.67. The molecule has 2 aromatic heterocycles. The van der Waals surface area contributed by atoms with Gasteiger partial charge in [-0.05, 0) is 31.9 Å². The molecule has 0 saturated carbocycles. The summed E-state index contributed by atoms with van der Waals surface area (Å²) in [6.07, 6.45) is 4.85. The van der Waals surface area contributed by atoms with Crippen molar-refractivity contribution in [1.82, 2.24) is 14.7 Å². The Morgan fingerprint density at radius 1 is 1.39 bits per heavy atom. The third kappa shape index (κ3) is 4.31. The Kier molecular flexibility index (Phi) is 5.73. The number of pyridine rings is 1. The zero-order chi connectivity index (χ0) is 16.8. The number of hydrogen-bond donors (Lipinski definition) is 2. The Morgan fingerprint density at radius 3 is 2.87 bits per heavy atom. The lowest BCUT2D eigenvalue weighted by molar-refractivity contribution is -0.142. The first-order valence-electron chi connectivity index (χ1n) is 7.97.